The standard InChI is InChI=1S/C11H7ClN2O2.C2H4O/c12-8-3-1-2-7(4-8)9-5-10(11(15)16)14-6-13-9;1-2-3/h1-6H,(H,15,16);2H,1H3. The van der Waals surface area contributed by atoms with E-state index < -0.39 is 5.97 Å². The minimum absolute atomic E-state index is 0.0371. The van der Waals surface area contributed by atoms with Gasteiger partial charge in [0.25, 0.3) is 0 Å². The highest BCUT2D eigenvalue weighted by molar-refractivity contribution is 6.30. The Hall–Kier alpha value is -2.27. The van der Waals surface area contributed by atoms with Crippen LogP contribution in [-0.4, -0.2) is 27.3 Å². The van der Waals surface area contributed by atoms with Gasteiger partial charge in [-0.3, -0.25) is 0 Å². The molecular weight excluding hydrogens is 268 g/mol. The molecule has 0 aliphatic heterocycles. The zero-order valence-corrected chi connectivity index (χ0v) is 10.8. The monoisotopic (exact) mass is 278 g/mol. The quantitative estimate of drug-likeness (QED) is 0.854. The normalized spacial score (nSPS) is 9.16. The van der Waals surface area contributed by atoms with E-state index in [0.29, 0.717) is 10.7 Å². The summed E-state index contributed by atoms with van der Waals surface area (Å²) in [5.74, 6) is -1.08. The van der Waals surface area contributed by atoms with Crippen molar-refractivity contribution < 1.29 is 14.7 Å². The number of hydrogen-bond donors (Lipinski definition) is 1. The highest BCUT2D eigenvalue weighted by atomic mass is 35.5. The zero-order chi connectivity index (χ0) is 14.3. The maximum Gasteiger partial charge on any atom is 0.354 e. The number of aromatic nitrogens is 2. The van der Waals surface area contributed by atoms with Gasteiger partial charge in [0.15, 0.2) is 5.69 Å². The number of rotatable bonds is 2. The Kier molecular flexibility index (Phi) is 5.63. The Morgan fingerprint density at radius 1 is 1.32 bits per heavy atom. The lowest BCUT2D eigenvalue weighted by atomic mass is 10.1. The summed E-state index contributed by atoms with van der Waals surface area (Å²) in [4.78, 5) is 27.2. The molecule has 0 radical (unpaired) electrons. The minimum atomic E-state index is -1.08. The fourth-order valence-corrected chi connectivity index (χ4v) is 1.47. The predicted molar refractivity (Wildman–Crippen MR) is 71.2 cm³/mol. The summed E-state index contributed by atoms with van der Waals surface area (Å²) in [6.07, 6.45) is 1.97. The van der Waals surface area contributed by atoms with Crippen LogP contribution in [0.2, 0.25) is 5.02 Å². The predicted octanol–water partition coefficient (Wildman–Crippen LogP) is 2.70. The molecule has 1 aromatic heterocycles. The lowest BCUT2D eigenvalue weighted by Crippen LogP contribution is -2.01. The van der Waals surface area contributed by atoms with Crippen molar-refractivity contribution in [2.24, 2.45) is 0 Å². The SMILES string of the molecule is CC=O.O=C(O)c1cc(-c2cccc(Cl)c2)ncn1. The number of benzene rings is 1. The summed E-state index contributed by atoms with van der Waals surface area (Å²) in [6.45, 7) is 1.44. The molecule has 0 amide bonds. The maximum absolute atomic E-state index is 10.7. The highest BCUT2D eigenvalue weighted by Crippen LogP contribution is 2.20. The molecule has 0 saturated heterocycles. The van der Waals surface area contributed by atoms with Crippen LogP contribution in [0.4, 0.5) is 0 Å². The van der Waals surface area contributed by atoms with E-state index in [0.717, 1.165) is 11.8 Å². The van der Waals surface area contributed by atoms with E-state index in [1.54, 1.807) is 24.3 Å². The number of carboxylic acids is 1. The summed E-state index contributed by atoms with van der Waals surface area (Å²) < 4.78 is 0. The number of hydrogen-bond acceptors (Lipinski definition) is 4. The molecular formula is C13H11ClN2O3. The fraction of sp³-hybridized carbons (Fsp3) is 0.0769. The number of carboxylic acid groups (broad SMARTS) is 1. The Morgan fingerprint density at radius 3 is 2.58 bits per heavy atom. The third-order valence-corrected chi connectivity index (χ3v) is 2.24. The molecule has 2 rings (SSSR count). The third kappa shape index (κ3) is 4.48. The van der Waals surface area contributed by atoms with Crippen LogP contribution in [0.3, 0.4) is 0 Å². The first-order valence-electron chi connectivity index (χ1n) is 5.29. The number of carbonyl (C=O) groups is 2. The van der Waals surface area contributed by atoms with Crippen molar-refractivity contribution in [1.82, 2.24) is 9.97 Å². The molecule has 0 atom stereocenters. The van der Waals surface area contributed by atoms with Gasteiger partial charge in [0.2, 0.25) is 0 Å². The fourth-order valence-electron chi connectivity index (χ4n) is 1.28. The zero-order valence-electron chi connectivity index (χ0n) is 10.1. The van der Waals surface area contributed by atoms with E-state index >= 15 is 0 Å². The van der Waals surface area contributed by atoms with Crippen LogP contribution in [0.15, 0.2) is 36.7 Å². The summed E-state index contributed by atoms with van der Waals surface area (Å²) in [5.41, 5.74) is 1.26. The van der Waals surface area contributed by atoms with Crippen molar-refractivity contribution in [3.63, 3.8) is 0 Å². The van der Waals surface area contributed by atoms with Crippen LogP contribution in [0.1, 0.15) is 17.4 Å². The molecule has 0 saturated carbocycles. The topological polar surface area (TPSA) is 80.2 Å². The van der Waals surface area contributed by atoms with E-state index in [1.165, 1.54) is 19.3 Å². The van der Waals surface area contributed by atoms with Crippen molar-refractivity contribution in [1.29, 1.82) is 0 Å². The number of aromatic carboxylic acids is 1. The van der Waals surface area contributed by atoms with Gasteiger partial charge in [-0.25, -0.2) is 14.8 Å². The minimum Gasteiger partial charge on any atom is -0.477 e. The van der Waals surface area contributed by atoms with Gasteiger partial charge in [-0.1, -0.05) is 23.7 Å². The summed E-state index contributed by atoms with van der Waals surface area (Å²) in [6, 6.07) is 8.45. The molecule has 0 spiro atoms. The molecule has 0 unspecified atom stereocenters. The van der Waals surface area contributed by atoms with E-state index in [9.17, 15) is 4.79 Å². The Labute approximate surface area is 114 Å². The first-order chi connectivity index (χ1) is 9.08. The second kappa shape index (κ2) is 7.23. The maximum atomic E-state index is 10.7. The van der Waals surface area contributed by atoms with Crippen molar-refractivity contribution in [2.75, 3.05) is 0 Å². The molecule has 0 aliphatic carbocycles. The number of nitrogens with zero attached hydrogens (tertiary/aromatic N) is 2. The van der Waals surface area contributed by atoms with Gasteiger partial charge in [-0.2, -0.15) is 0 Å². The second-order valence-corrected chi connectivity index (χ2v) is 3.78. The van der Waals surface area contributed by atoms with E-state index in [-0.39, 0.29) is 5.69 Å². The number of aldehydes is 1. The second-order valence-electron chi connectivity index (χ2n) is 3.34. The molecule has 0 aliphatic rings. The molecule has 6 heteroatoms. The molecule has 0 bridgehead atoms. The molecule has 0 fully saturated rings. The molecule has 19 heavy (non-hydrogen) atoms. The lowest BCUT2D eigenvalue weighted by molar-refractivity contribution is -0.106. The molecule has 1 N–H and O–H groups in total. The Bertz CT molecular complexity index is 588. The van der Waals surface area contributed by atoms with Crippen LogP contribution in [0.25, 0.3) is 11.3 Å². The first-order valence-corrected chi connectivity index (χ1v) is 5.67. The smallest absolute Gasteiger partial charge is 0.354 e. The lowest BCUT2D eigenvalue weighted by Gasteiger charge is -2.01. The number of halogens is 1. The number of carbonyl (C=O) groups excluding carboxylic acids is 1. The van der Waals surface area contributed by atoms with Crippen LogP contribution in [-0.2, 0) is 4.79 Å². The molecule has 2 aromatic rings. The van der Waals surface area contributed by atoms with Crippen LogP contribution < -0.4 is 0 Å². The van der Waals surface area contributed by atoms with E-state index in [1.807, 2.05) is 0 Å². The first kappa shape index (κ1) is 14.8. The van der Waals surface area contributed by atoms with Crippen molar-refractivity contribution >= 4 is 23.9 Å². The van der Waals surface area contributed by atoms with E-state index in [2.05, 4.69) is 9.97 Å². The molecule has 5 nitrogen and oxygen atoms in total. The van der Waals surface area contributed by atoms with Gasteiger partial charge in [0, 0.05) is 10.6 Å². The van der Waals surface area contributed by atoms with Crippen molar-refractivity contribution in [3.8, 4) is 11.3 Å². The van der Waals surface area contributed by atoms with Gasteiger partial charge < -0.3 is 9.90 Å². The summed E-state index contributed by atoms with van der Waals surface area (Å²) >= 11 is 5.84. The largest absolute Gasteiger partial charge is 0.477 e. The average molecular weight is 279 g/mol. The van der Waals surface area contributed by atoms with Gasteiger partial charge in [-0.15, -0.1) is 0 Å². The van der Waals surface area contributed by atoms with Crippen LogP contribution >= 0.6 is 11.6 Å². The van der Waals surface area contributed by atoms with Gasteiger partial charge in [0.05, 0.1) is 5.69 Å². The van der Waals surface area contributed by atoms with Gasteiger partial charge in [0.1, 0.15) is 12.6 Å². The average Bonchev–Trinajstić information content (AvgIpc) is 2.40. The van der Waals surface area contributed by atoms with Crippen molar-refractivity contribution in [2.45, 2.75) is 6.92 Å². The summed E-state index contributed by atoms with van der Waals surface area (Å²) in [5, 5.41) is 9.37. The third-order valence-electron chi connectivity index (χ3n) is 2.01. The van der Waals surface area contributed by atoms with E-state index in [4.69, 9.17) is 21.5 Å². The molecule has 98 valence electrons. The van der Waals surface area contributed by atoms with Crippen LogP contribution in [0.5, 0.6) is 0 Å². The van der Waals surface area contributed by atoms with Crippen molar-refractivity contribution in [3.05, 3.63) is 47.4 Å². The Morgan fingerprint density at radius 2 is 2.00 bits per heavy atom. The van der Waals surface area contributed by atoms with Crippen LogP contribution in [0, 0.1) is 0 Å². The van der Waals surface area contributed by atoms with Gasteiger partial charge >= 0.3 is 5.97 Å². The Balaban J connectivity index is 0.000000550. The van der Waals surface area contributed by atoms with Gasteiger partial charge in [-0.05, 0) is 25.1 Å². The highest BCUT2D eigenvalue weighted by Gasteiger charge is 2.07. The molecule has 1 heterocycles. The summed E-state index contributed by atoms with van der Waals surface area (Å²) in [7, 11) is 0. The molecule has 1 aromatic carbocycles.